The van der Waals surface area contributed by atoms with Crippen LogP contribution in [0.15, 0.2) is 24.3 Å². The number of benzene rings is 1. The van der Waals surface area contributed by atoms with Crippen LogP contribution >= 0.6 is 0 Å². The summed E-state index contributed by atoms with van der Waals surface area (Å²) in [5.74, 6) is 0.884. The van der Waals surface area contributed by atoms with Crippen molar-refractivity contribution >= 4 is 9.84 Å². The highest BCUT2D eigenvalue weighted by Gasteiger charge is 2.34. The van der Waals surface area contributed by atoms with Crippen LogP contribution in [-0.4, -0.2) is 44.5 Å². The minimum atomic E-state index is -2.87. The van der Waals surface area contributed by atoms with Gasteiger partial charge in [0.15, 0.2) is 0 Å². The lowest BCUT2D eigenvalue weighted by Gasteiger charge is -2.35. The van der Waals surface area contributed by atoms with Gasteiger partial charge in [-0.2, -0.15) is 0 Å². The number of hydrogen-bond acceptors (Lipinski definition) is 3. The quantitative estimate of drug-likeness (QED) is 0.858. The summed E-state index contributed by atoms with van der Waals surface area (Å²) < 4.78 is 22.9. The number of sulfone groups is 1. The first kappa shape index (κ1) is 15.0. The van der Waals surface area contributed by atoms with Crippen LogP contribution in [0.25, 0.3) is 0 Å². The predicted molar refractivity (Wildman–Crippen MR) is 86.4 cm³/mol. The highest BCUT2D eigenvalue weighted by Crippen LogP contribution is 2.39. The van der Waals surface area contributed by atoms with Crippen molar-refractivity contribution in [2.75, 3.05) is 25.1 Å². The zero-order chi connectivity index (χ0) is 14.9. The first-order valence-electron chi connectivity index (χ1n) is 8.04. The van der Waals surface area contributed by atoms with E-state index in [1.165, 1.54) is 49.5 Å². The van der Waals surface area contributed by atoms with Gasteiger partial charge in [-0.3, -0.25) is 4.90 Å². The van der Waals surface area contributed by atoms with Crippen molar-refractivity contribution in [3.63, 3.8) is 0 Å². The van der Waals surface area contributed by atoms with E-state index in [1.807, 2.05) is 0 Å². The number of rotatable bonds is 4. The highest BCUT2D eigenvalue weighted by atomic mass is 32.2. The van der Waals surface area contributed by atoms with Crippen LogP contribution in [0.1, 0.15) is 42.7 Å². The molecule has 2 aliphatic rings. The Hall–Kier alpha value is -0.870. The lowest BCUT2D eigenvalue weighted by molar-refractivity contribution is 0.223. The lowest BCUT2D eigenvalue weighted by Crippen LogP contribution is -2.38. The van der Waals surface area contributed by atoms with E-state index in [4.69, 9.17) is 0 Å². The zero-order valence-electron chi connectivity index (χ0n) is 12.8. The van der Waals surface area contributed by atoms with Crippen molar-refractivity contribution < 1.29 is 8.42 Å². The van der Waals surface area contributed by atoms with Crippen molar-refractivity contribution in [2.45, 2.75) is 44.1 Å². The van der Waals surface area contributed by atoms with Gasteiger partial charge in [0.05, 0.1) is 5.75 Å². The molecular weight excluding hydrogens is 282 g/mol. The van der Waals surface area contributed by atoms with Gasteiger partial charge in [-0.25, -0.2) is 8.42 Å². The van der Waals surface area contributed by atoms with E-state index >= 15 is 0 Å². The standard InChI is InChI=1S/C17H25NO2S/c1-21(19,20)13-12-18-11-5-10-17(18)16-9-4-7-14-6-2-3-8-15(14)16/h2-3,6,8,16-17H,4-5,7,9-13H2,1H3/t16-,17+/m1/s1. The topological polar surface area (TPSA) is 37.4 Å². The van der Waals surface area contributed by atoms with Crippen LogP contribution in [0, 0.1) is 0 Å². The van der Waals surface area contributed by atoms with Gasteiger partial charge in [0.25, 0.3) is 0 Å². The summed E-state index contributed by atoms with van der Waals surface area (Å²) in [5.41, 5.74) is 3.02. The van der Waals surface area contributed by atoms with Gasteiger partial charge < -0.3 is 0 Å². The number of fused-ring (bicyclic) bond motifs is 1. The minimum Gasteiger partial charge on any atom is -0.299 e. The van der Waals surface area contributed by atoms with Crippen LogP contribution in [0.5, 0.6) is 0 Å². The fourth-order valence-corrected chi connectivity index (χ4v) is 4.63. The Morgan fingerprint density at radius 3 is 2.81 bits per heavy atom. The molecular formula is C17H25NO2S. The van der Waals surface area contributed by atoms with Crippen molar-refractivity contribution in [3.8, 4) is 0 Å². The maximum Gasteiger partial charge on any atom is 0.148 e. The number of aryl methyl sites for hydroxylation is 1. The summed E-state index contributed by atoms with van der Waals surface area (Å²) in [5, 5.41) is 0. The molecule has 0 spiro atoms. The highest BCUT2D eigenvalue weighted by molar-refractivity contribution is 7.90. The van der Waals surface area contributed by atoms with Gasteiger partial charge in [-0.05, 0) is 55.7 Å². The summed E-state index contributed by atoms with van der Waals surface area (Å²) in [6.07, 6.45) is 7.46. The molecule has 0 unspecified atom stereocenters. The zero-order valence-corrected chi connectivity index (χ0v) is 13.6. The Kier molecular flexibility index (Phi) is 4.36. The van der Waals surface area contributed by atoms with Crippen LogP contribution in [0.3, 0.4) is 0 Å². The van der Waals surface area contributed by atoms with Crippen molar-refractivity contribution in [1.29, 1.82) is 0 Å². The molecule has 0 amide bonds. The van der Waals surface area contributed by atoms with E-state index in [0.717, 1.165) is 6.54 Å². The summed E-state index contributed by atoms with van der Waals surface area (Å²) in [6.45, 7) is 1.75. The summed E-state index contributed by atoms with van der Waals surface area (Å²) >= 11 is 0. The smallest absolute Gasteiger partial charge is 0.148 e. The fraction of sp³-hybridized carbons (Fsp3) is 0.647. The molecule has 2 atom stereocenters. The molecule has 1 aliphatic heterocycles. The van der Waals surface area contributed by atoms with E-state index in [0.29, 0.717) is 18.5 Å². The number of likely N-dealkylation sites (tertiary alicyclic amines) is 1. The third-order valence-electron chi connectivity index (χ3n) is 5.04. The maximum absolute atomic E-state index is 11.4. The third kappa shape index (κ3) is 3.49. The number of nitrogens with zero attached hydrogens (tertiary/aromatic N) is 1. The third-order valence-corrected chi connectivity index (χ3v) is 5.97. The van der Waals surface area contributed by atoms with Gasteiger partial charge in [0, 0.05) is 18.8 Å². The van der Waals surface area contributed by atoms with Crippen LogP contribution in [-0.2, 0) is 16.3 Å². The van der Waals surface area contributed by atoms with E-state index in [1.54, 1.807) is 0 Å². The Bertz CT molecular complexity index is 597. The molecule has 3 rings (SSSR count). The molecule has 1 saturated heterocycles. The van der Waals surface area contributed by atoms with Gasteiger partial charge >= 0.3 is 0 Å². The molecule has 0 N–H and O–H groups in total. The second kappa shape index (κ2) is 6.09. The van der Waals surface area contributed by atoms with Gasteiger partial charge in [0.1, 0.15) is 9.84 Å². The maximum atomic E-state index is 11.4. The van der Waals surface area contributed by atoms with E-state index in [-0.39, 0.29) is 5.75 Å². The second-order valence-corrected chi connectivity index (χ2v) is 8.83. The van der Waals surface area contributed by atoms with Gasteiger partial charge in [0.2, 0.25) is 0 Å². The Morgan fingerprint density at radius 2 is 2.00 bits per heavy atom. The normalized spacial score (nSPS) is 26.7. The molecule has 4 heteroatoms. The molecule has 0 aromatic heterocycles. The Morgan fingerprint density at radius 1 is 1.19 bits per heavy atom. The van der Waals surface area contributed by atoms with E-state index in [2.05, 4.69) is 29.2 Å². The molecule has 1 aromatic rings. The van der Waals surface area contributed by atoms with E-state index < -0.39 is 9.84 Å². The SMILES string of the molecule is CS(=O)(=O)CCN1CCC[C@H]1[C@@H]1CCCc2ccccc21. The monoisotopic (exact) mass is 307 g/mol. The largest absolute Gasteiger partial charge is 0.299 e. The van der Waals surface area contributed by atoms with Crippen molar-refractivity contribution in [3.05, 3.63) is 35.4 Å². The van der Waals surface area contributed by atoms with Gasteiger partial charge in [-0.15, -0.1) is 0 Å². The average molecular weight is 307 g/mol. The van der Waals surface area contributed by atoms with Crippen molar-refractivity contribution in [2.24, 2.45) is 0 Å². The molecule has 1 heterocycles. The molecule has 0 bridgehead atoms. The molecule has 1 fully saturated rings. The van der Waals surface area contributed by atoms with Crippen molar-refractivity contribution in [1.82, 2.24) is 4.90 Å². The summed E-state index contributed by atoms with van der Waals surface area (Å²) in [7, 11) is -2.87. The first-order valence-corrected chi connectivity index (χ1v) is 10.1. The second-order valence-electron chi connectivity index (χ2n) is 6.57. The van der Waals surface area contributed by atoms with Crippen LogP contribution < -0.4 is 0 Å². The Labute approximate surface area is 128 Å². The van der Waals surface area contributed by atoms with Crippen LogP contribution in [0.4, 0.5) is 0 Å². The minimum absolute atomic E-state index is 0.290. The molecule has 1 aromatic carbocycles. The molecule has 3 nitrogen and oxygen atoms in total. The van der Waals surface area contributed by atoms with E-state index in [9.17, 15) is 8.42 Å². The van der Waals surface area contributed by atoms with Crippen LogP contribution in [0.2, 0.25) is 0 Å². The fourth-order valence-electron chi connectivity index (χ4n) is 4.06. The molecule has 116 valence electrons. The molecule has 0 saturated carbocycles. The predicted octanol–water partition coefficient (Wildman–Crippen LogP) is 2.62. The first-order chi connectivity index (χ1) is 10.0. The Balaban J connectivity index is 1.77. The molecule has 21 heavy (non-hydrogen) atoms. The summed E-state index contributed by atoms with van der Waals surface area (Å²) in [4.78, 5) is 2.42. The molecule has 0 radical (unpaired) electrons. The number of hydrogen-bond donors (Lipinski definition) is 0. The lowest BCUT2D eigenvalue weighted by atomic mass is 9.78. The van der Waals surface area contributed by atoms with Gasteiger partial charge in [-0.1, -0.05) is 24.3 Å². The molecule has 1 aliphatic carbocycles. The summed E-state index contributed by atoms with van der Waals surface area (Å²) in [6, 6.07) is 9.36. The average Bonchev–Trinajstić information content (AvgIpc) is 2.92.